The van der Waals surface area contributed by atoms with Crippen LogP contribution in [0.3, 0.4) is 0 Å². The number of Topliss-reactive ketones (excluding diaryl/α,β-unsaturated/α-hetero) is 1. The normalized spacial score (nSPS) is 24.6. The smallest absolute Gasteiger partial charge is 0.273 e. The first-order valence-corrected chi connectivity index (χ1v) is 12.6. The summed E-state index contributed by atoms with van der Waals surface area (Å²) in [6, 6.07) is 9.65. The van der Waals surface area contributed by atoms with Crippen molar-refractivity contribution in [3.05, 3.63) is 69.8 Å². The number of likely N-dealkylation sites (tertiary alicyclic amines) is 2. The van der Waals surface area contributed by atoms with Crippen molar-refractivity contribution in [1.29, 1.82) is 0 Å². The van der Waals surface area contributed by atoms with Gasteiger partial charge in [0.1, 0.15) is 0 Å². The summed E-state index contributed by atoms with van der Waals surface area (Å²) in [7, 11) is 0. The quantitative estimate of drug-likeness (QED) is 0.595. The van der Waals surface area contributed by atoms with Crippen LogP contribution in [0.4, 0.5) is 17.6 Å². The van der Waals surface area contributed by atoms with Crippen molar-refractivity contribution in [2.75, 3.05) is 39.3 Å². The highest BCUT2D eigenvalue weighted by atomic mass is 19.3. The lowest BCUT2D eigenvalue weighted by Crippen LogP contribution is -2.62. The number of nitrogens with one attached hydrogen (secondary N) is 2. The summed E-state index contributed by atoms with van der Waals surface area (Å²) in [4.78, 5) is 17.2. The van der Waals surface area contributed by atoms with Gasteiger partial charge in [-0.05, 0) is 59.3 Å². The van der Waals surface area contributed by atoms with Crippen molar-refractivity contribution in [2.45, 2.75) is 49.9 Å². The van der Waals surface area contributed by atoms with E-state index in [4.69, 9.17) is 0 Å². The number of nitrogens with zero attached hydrogens (tertiary/aromatic N) is 2. The Morgan fingerprint density at radius 3 is 1.50 bits per heavy atom. The SMILES string of the molecule is O=C(C(c1ccc2c(c1)CNCC2)N1CC(F)(F)C1)C(c1ccc2c(c1)CNCC2)N1CC(F)(F)C1. The van der Waals surface area contributed by atoms with E-state index < -0.39 is 50.1 Å². The number of hydrogen-bond acceptors (Lipinski definition) is 5. The number of ketones is 1. The minimum absolute atomic E-state index is 0.326. The van der Waals surface area contributed by atoms with E-state index in [9.17, 15) is 22.4 Å². The summed E-state index contributed by atoms with van der Waals surface area (Å²) in [5.41, 5.74) is 5.76. The Labute approximate surface area is 207 Å². The van der Waals surface area contributed by atoms with Gasteiger partial charge >= 0.3 is 0 Å². The van der Waals surface area contributed by atoms with Crippen molar-refractivity contribution < 1.29 is 22.4 Å². The maximum atomic E-state index is 14.3. The van der Waals surface area contributed by atoms with Crippen LogP contribution in [-0.4, -0.2) is 66.7 Å². The molecule has 2 unspecified atom stereocenters. The predicted molar refractivity (Wildman–Crippen MR) is 127 cm³/mol. The van der Waals surface area contributed by atoms with Gasteiger partial charge < -0.3 is 10.6 Å². The molecular formula is C27H30F4N4O. The molecule has 2 N–H and O–H groups in total. The maximum Gasteiger partial charge on any atom is 0.273 e. The van der Waals surface area contributed by atoms with E-state index in [2.05, 4.69) is 10.6 Å². The second-order valence-corrected chi connectivity index (χ2v) is 10.6. The number of fused-ring (bicyclic) bond motifs is 2. The van der Waals surface area contributed by atoms with Gasteiger partial charge in [0.05, 0.1) is 38.3 Å². The van der Waals surface area contributed by atoms with Crippen molar-refractivity contribution in [3.8, 4) is 0 Å². The lowest BCUT2D eigenvalue weighted by molar-refractivity contribution is -0.173. The van der Waals surface area contributed by atoms with Crippen LogP contribution in [0, 0.1) is 0 Å². The first kappa shape index (κ1) is 24.0. The number of alkyl halides is 4. The average molecular weight is 503 g/mol. The molecule has 192 valence electrons. The van der Waals surface area contributed by atoms with Crippen molar-refractivity contribution in [1.82, 2.24) is 20.4 Å². The third-order valence-corrected chi connectivity index (χ3v) is 7.87. The summed E-state index contributed by atoms with van der Waals surface area (Å²) in [5.74, 6) is -6.04. The van der Waals surface area contributed by atoms with Gasteiger partial charge in [-0.3, -0.25) is 14.6 Å². The fourth-order valence-corrected chi connectivity index (χ4v) is 6.06. The Balaban J connectivity index is 1.39. The summed E-state index contributed by atoms with van der Waals surface area (Å²) >= 11 is 0. The fourth-order valence-electron chi connectivity index (χ4n) is 6.06. The van der Waals surface area contributed by atoms with Gasteiger partial charge in [-0.1, -0.05) is 36.4 Å². The van der Waals surface area contributed by atoms with Gasteiger partial charge in [0.15, 0.2) is 5.78 Å². The largest absolute Gasteiger partial charge is 0.312 e. The highest BCUT2D eigenvalue weighted by Crippen LogP contribution is 2.42. The maximum absolute atomic E-state index is 14.3. The molecule has 4 heterocycles. The Hall–Kier alpha value is -2.33. The van der Waals surface area contributed by atoms with E-state index in [0.717, 1.165) is 37.1 Å². The molecule has 0 amide bonds. The predicted octanol–water partition coefficient (Wildman–Crippen LogP) is 3.23. The molecule has 2 saturated heterocycles. The molecule has 0 aromatic heterocycles. The lowest BCUT2D eigenvalue weighted by Gasteiger charge is -2.48. The number of rotatable bonds is 6. The number of carbonyl (C=O) groups excluding carboxylic acids is 1. The molecule has 2 atom stereocenters. The van der Waals surface area contributed by atoms with Crippen LogP contribution in [0.15, 0.2) is 36.4 Å². The van der Waals surface area contributed by atoms with Crippen LogP contribution < -0.4 is 10.6 Å². The third-order valence-electron chi connectivity index (χ3n) is 7.87. The molecule has 2 aromatic carbocycles. The molecule has 36 heavy (non-hydrogen) atoms. The number of carbonyl (C=O) groups is 1. The molecule has 9 heteroatoms. The molecule has 6 rings (SSSR count). The zero-order chi connectivity index (χ0) is 25.1. The monoisotopic (exact) mass is 502 g/mol. The van der Waals surface area contributed by atoms with Crippen molar-refractivity contribution >= 4 is 5.78 Å². The number of benzene rings is 2. The van der Waals surface area contributed by atoms with Gasteiger partial charge in [0.2, 0.25) is 0 Å². The van der Waals surface area contributed by atoms with Gasteiger partial charge in [-0.15, -0.1) is 0 Å². The van der Waals surface area contributed by atoms with Crippen LogP contribution in [0.25, 0.3) is 0 Å². The van der Waals surface area contributed by atoms with Crippen LogP contribution in [0.1, 0.15) is 45.5 Å². The summed E-state index contributed by atoms with van der Waals surface area (Å²) in [6.45, 7) is 0.966. The molecular weight excluding hydrogens is 472 g/mol. The van der Waals surface area contributed by atoms with E-state index in [-0.39, 0.29) is 5.78 Å². The molecule has 5 nitrogen and oxygen atoms in total. The van der Waals surface area contributed by atoms with Crippen LogP contribution in [0.5, 0.6) is 0 Å². The highest BCUT2D eigenvalue weighted by molar-refractivity contribution is 5.91. The fraction of sp³-hybridized carbons (Fsp3) is 0.519. The first-order valence-electron chi connectivity index (χ1n) is 12.6. The standard InChI is InChI=1S/C27H30F4N4O/c28-26(29)13-34(14-26)23(19-3-1-17-5-7-32-11-21(17)9-19)25(36)24(35-15-27(30,31)16-35)20-4-2-18-6-8-33-12-22(18)10-20/h1-4,9-10,23-24,32-33H,5-8,11-16H2. The molecule has 4 aliphatic heterocycles. The Morgan fingerprint density at radius 1 is 0.694 bits per heavy atom. The summed E-state index contributed by atoms with van der Waals surface area (Å²) < 4.78 is 55.9. The summed E-state index contributed by atoms with van der Waals surface area (Å²) in [5, 5.41) is 6.63. The Bertz CT molecular complexity index is 1080. The van der Waals surface area contributed by atoms with E-state index in [1.165, 1.54) is 20.9 Å². The highest BCUT2D eigenvalue weighted by Gasteiger charge is 2.53. The molecule has 0 aliphatic carbocycles. The van der Waals surface area contributed by atoms with E-state index in [1.807, 2.05) is 36.4 Å². The zero-order valence-electron chi connectivity index (χ0n) is 20.0. The van der Waals surface area contributed by atoms with Gasteiger partial charge in [0, 0.05) is 13.1 Å². The Morgan fingerprint density at radius 2 is 1.11 bits per heavy atom. The van der Waals surface area contributed by atoms with Gasteiger partial charge in [-0.25, -0.2) is 17.6 Å². The van der Waals surface area contributed by atoms with Gasteiger partial charge in [-0.2, -0.15) is 0 Å². The van der Waals surface area contributed by atoms with Gasteiger partial charge in [0.25, 0.3) is 11.8 Å². The van der Waals surface area contributed by atoms with Crippen LogP contribution in [0.2, 0.25) is 0 Å². The minimum atomic E-state index is -2.86. The van der Waals surface area contributed by atoms with E-state index in [1.54, 1.807) is 0 Å². The number of halogens is 4. The molecule has 0 spiro atoms. The van der Waals surface area contributed by atoms with E-state index in [0.29, 0.717) is 24.2 Å². The summed E-state index contributed by atoms with van der Waals surface area (Å²) in [6.07, 6.45) is 1.73. The van der Waals surface area contributed by atoms with Crippen LogP contribution in [-0.2, 0) is 30.7 Å². The lowest BCUT2D eigenvalue weighted by atomic mass is 9.84. The molecule has 4 aliphatic rings. The van der Waals surface area contributed by atoms with Crippen molar-refractivity contribution in [2.24, 2.45) is 0 Å². The average Bonchev–Trinajstić information content (AvgIpc) is 2.82. The Kier molecular flexibility index (Phi) is 5.94. The topological polar surface area (TPSA) is 47.6 Å². The molecule has 0 bridgehead atoms. The minimum Gasteiger partial charge on any atom is -0.312 e. The molecule has 2 fully saturated rings. The van der Waals surface area contributed by atoms with Crippen molar-refractivity contribution in [3.63, 3.8) is 0 Å². The molecule has 0 radical (unpaired) electrons. The second kappa shape index (κ2) is 8.90. The second-order valence-electron chi connectivity index (χ2n) is 10.6. The molecule has 0 saturated carbocycles. The first-order chi connectivity index (χ1) is 17.2. The van der Waals surface area contributed by atoms with E-state index >= 15 is 0 Å². The van der Waals surface area contributed by atoms with Crippen LogP contribution >= 0.6 is 0 Å². The number of hydrogen-bond donors (Lipinski definition) is 2. The molecule has 2 aromatic rings. The third kappa shape index (κ3) is 4.47. The zero-order valence-corrected chi connectivity index (χ0v) is 20.0.